The van der Waals surface area contributed by atoms with Gasteiger partial charge in [-0.2, -0.15) is 0 Å². The molecule has 0 radical (unpaired) electrons. The van der Waals surface area contributed by atoms with Crippen LogP contribution in [0.15, 0.2) is 0 Å². The van der Waals surface area contributed by atoms with Crippen LogP contribution in [0.1, 0.15) is 32.6 Å². The van der Waals surface area contributed by atoms with Gasteiger partial charge in [0.25, 0.3) is 0 Å². The highest BCUT2D eigenvalue weighted by molar-refractivity contribution is 5.70. The molecule has 0 aromatic carbocycles. The molecule has 6 heteroatoms. The Morgan fingerprint density at radius 1 is 1.35 bits per heavy atom. The highest BCUT2D eigenvalue weighted by Gasteiger charge is 2.40. The predicted octanol–water partition coefficient (Wildman–Crippen LogP) is 2.89. The number of hydrogen-bond donors (Lipinski definition) is 0. The average Bonchev–Trinajstić information content (AvgIpc) is 2.57. The number of esters is 1. The van der Waals surface area contributed by atoms with Crippen LogP contribution in [0, 0.1) is 11.8 Å². The van der Waals surface area contributed by atoms with E-state index in [2.05, 4.69) is 4.74 Å². The number of hydrogen-bond acceptors (Lipinski definition) is 3. The maximum absolute atomic E-state index is 11.9. The standard InChI is InChI=1S/C11H17F3O3/c1-3-7-4-5-9(16-2)8(7)6-10(15)17-11(12,13)14/h7-9H,3-6H2,1-2H3. The van der Waals surface area contributed by atoms with Crippen molar-refractivity contribution < 1.29 is 27.4 Å². The smallest absolute Gasteiger partial charge is 0.381 e. The first-order chi connectivity index (χ1) is 7.87. The second-order valence-electron chi connectivity index (χ2n) is 4.31. The molecule has 0 aromatic heterocycles. The van der Waals surface area contributed by atoms with Crippen molar-refractivity contribution in [3.63, 3.8) is 0 Å². The Morgan fingerprint density at radius 3 is 2.47 bits per heavy atom. The third-order valence-corrected chi connectivity index (χ3v) is 3.36. The van der Waals surface area contributed by atoms with Gasteiger partial charge < -0.3 is 9.47 Å². The third kappa shape index (κ3) is 4.18. The maximum atomic E-state index is 11.9. The zero-order chi connectivity index (χ0) is 13.1. The quantitative estimate of drug-likeness (QED) is 0.724. The highest BCUT2D eigenvalue weighted by atomic mass is 19.4. The Kier molecular flexibility index (Phi) is 4.80. The van der Waals surface area contributed by atoms with Crippen molar-refractivity contribution >= 4 is 5.97 Å². The minimum atomic E-state index is -4.89. The maximum Gasteiger partial charge on any atom is 0.575 e. The lowest BCUT2D eigenvalue weighted by atomic mass is 9.89. The molecule has 1 aliphatic carbocycles. The van der Waals surface area contributed by atoms with Crippen LogP contribution in [0.4, 0.5) is 13.2 Å². The van der Waals surface area contributed by atoms with Crippen LogP contribution >= 0.6 is 0 Å². The molecule has 1 rings (SSSR count). The van der Waals surface area contributed by atoms with Gasteiger partial charge in [-0.3, -0.25) is 4.79 Å². The first-order valence-electron chi connectivity index (χ1n) is 5.68. The number of methoxy groups -OCH3 is 1. The van der Waals surface area contributed by atoms with E-state index in [9.17, 15) is 18.0 Å². The summed E-state index contributed by atoms with van der Waals surface area (Å²) in [7, 11) is 1.52. The number of carbonyl (C=O) groups excluding carboxylic acids is 1. The number of rotatable bonds is 4. The van der Waals surface area contributed by atoms with E-state index < -0.39 is 12.3 Å². The van der Waals surface area contributed by atoms with Crippen molar-refractivity contribution in [2.24, 2.45) is 11.8 Å². The van der Waals surface area contributed by atoms with E-state index in [0.29, 0.717) is 0 Å². The van der Waals surface area contributed by atoms with E-state index in [0.717, 1.165) is 19.3 Å². The fourth-order valence-electron chi connectivity index (χ4n) is 2.57. The summed E-state index contributed by atoms with van der Waals surface area (Å²) in [5.74, 6) is -1.15. The molecule has 0 N–H and O–H groups in total. The normalized spacial score (nSPS) is 29.4. The number of alkyl halides is 3. The van der Waals surface area contributed by atoms with Gasteiger partial charge in [0.1, 0.15) is 0 Å². The second-order valence-corrected chi connectivity index (χ2v) is 4.31. The third-order valence-electron chi connectivity index (χ3n) is 3.36. The Balaban J connectivity index is 2.55. The van der Waals surface area contributed by atoms with Gasteiger partial charge in [-0.25, -0.2) is 0 Å². The van der Waals surface area contributed by atoms with Crippen LogP contribution in [-0.2, 0) is 14.3 Å². The fourth-order valence-corrected chi connectivity index (χ4v) is 2.57. The van der Waals surface area contributed by atoms with Crippen LogP contribution < -0.4 is 0 Å². The van der Waals surface area contributed by atoms with Crippen molar-refractivity contribution in [3.05, 3.63) is 0 Å². The van der Waals surface area contributed by atoms with Gasteiger partial charge in [0.15, 0.2) is 0 Å². The molecule has 3 nitrogen and oxygen atoms in total. The lowest BCUT2D eigenvalue weighted by Gasteiger charge is -2.22. The average molecular weight is 254 g/mol. The molecule has 1 fully saturated rings. The number of carbonyl (C=O) groups is 1. The van der Waals surface area contributed by atoms with Gasteiger partial charge in [-0.1, -0.05) is 13.3 Å². The molecule has 0 aliphatic heterocycles. The molecular weight excluding hydrogens is 237 g/mol. The fraction of sp³-hybridized carbons (Fsp3) is 0.909. The minimum absolute atomic E-state index is 0.138. The predicted molar refractivity (Wildman–Crippen MR) is 54.1 cm³/mol. The summed E-state index contributed by atoms with van der Waals surface area (Å²) in [5, 5.41) is 0. The van der Waals surface area contributed by atoms with E-state index in [1.807, 2.05) is 6.92 Å². The summed E-state index contributed by atoms with van der Waals surface area (Å²) in [5.41, 5.74) is 0. The van der Waals surface area contributed by atoms with Crippen molar-refractivity contribution in [2.45, 2.75) is 45.1 Å². The number of halogens is 3. The van der Waals surface area contributed by atoms with E-state index >= 15 is 0 Å². The zero-order valence-electron chi connectivity index (χ0n) is 9.92. The molecular formula is C11H17F3O3. The van der Waals surface area contributed by atoms with Crippen LogP contribution in [0.25, 0.3) is 0 Å². The van der Waals surface area contributed by atoms with Crippen LogP contribution in [0.3, 0.4) is 0 Å². The molecule has 0 bridgehead atoms. The van der Waals surface area contributed by atoms with Crippen molar-refractivity contribution in [3.8, 4) is 0 Å². The first-order valence-corrected chi connectivity index (χ1v) is 5.68. The van der Waals surface area contributed by atoms with E-state index in [1.165, 1.54) is 7.11 Å². The van der Waals surface area contributed by atoms with Gasteiger partial charge in [-0.05, 0) is 24.7 Å². The molecule has 1 saturated carbocycles. The molecule has 3 unspecified atom stereocenters. The van der Waals surface area contributed by atoms with Crippen LogP contribution in [0.5, 0.6) is 0 Å². The Bertz CT molecular complexity index is 253. The van der Waals surface area contributed by atoms with Crippen LogP contribution in [-0.4, -0.2) is 25.5 Å². The Morgan fingerprint density at radius 2 is 2.00 bits per heavy atom. The molecule has 0 spiro atoms. The lowest BCUT2D eigenvalue weighted by Crippen LogP contribution is -2.27. The monoisotopic (exact) mass is 254 g/mol. The molecule has 0 aromatic rings. The molecule has 0 amide bonds. The van der Waals surface area contributed by atoms with E-state index in [1.54, 1.807) is 0 Å². The van der Waals surface area contributed by atoms with Crippen molar-refractivity contribution in [2.75, 3.05) is 7.11 Å². The summed E-state index contributed by atoms with van der Waals surface area (Å²) >= 11 is 0. The largest absolute Gasteiger partial charge is 0.575 e. The second kappa shape index (κ2) is 5.71. The minimum Gasteiger partial charge on any atom is -0.381 e. The van der Waals surface area contributed by atoms with Gasteiger partial charge >= 0.3 is 12.3 Å². The highest BCUT2D eigenvalue weighted by Crippen LogP contribution is 2.38. The van der Waals surface area contributed by atoms with Gasteiger partial charge in [0, 0.05) is 7.11 Å². The molecule has 0 saturated heterocycles. The Hall–Kier alpha value is -0.780. The summed E-state index contributed by atoms with van der Waals surface area (Å²) in [6.45, 7) is 1.96. The van der Waals surface area contributed by atoms with Crippen molar-refractivity contribution in [1.82, 2.24) is 0 Å². The lowest BCUT2D eigenvalue weighted by molar-refractivity contribution is -0.306. The summed E-state index contributed by atoms with van der Waals surface area (Å²) in [6, 6.07) is 0. The topological polar surface area (TPSA) is 35.5 Å². The molecule has 0 heterocycles. The molecule has 3 atom stereocenters. The van der Waals surface area contributed by atoms with Crippen LogP contribution in [0.2, 0.25) is 0 Å². The van der Waals surface area contributed by atoms with Gasteiger partial charge in [0.05, 0.1) is 12.5 Å². The summed E-state index contributed by atoms with van der Waals surface area (Å²) in [4.78, 5) is 11.1. The van der Waals surface area contributed by atoms with Crippen molar-refractivity contribution in [1.29, 1.82) is 0 Å². The number of ether oxygens (including phenoxy) is 2. The van der Waals surface area contributed by atoms with E-state index in [4.69, 9.17) is 4.74 Å². The molecule has 17 heavy (non-hydrogen) atoms. The SMILES string of the molecule is CCC1CCC(OC)C1CC(=O)OC(F)(F)F. The summed E-state index contributed by atoms with van der Waals surface area (Å²) < 4.78 is 44.2. The first kappa shape index (κ1) is 14.3. The summed E-state index contributed by atoms with van der Waals surface area (Å²) in [6.07, 6.45) is -2.74. The Labute approximate surface area is 98.3 Å². The van der Waals surface area contributed by atoms with Gasteiger partial charge in [-0.15, -0.1) is 13.2 Å². The zero-order valence-corrected chi connectivity index (χ0v) is 9.92. The van der Waals surface area contributed by atoms with Gasteiger partial charge in [0.2, 0.25) is 0 Å². The molecule has 1 aliphatic rings. The van der Waals surface area contributed by atoms with E-state index in [-0.39, 0.29) is 24.4 Å². The molecule has 100 valence electrons.